The van der Waals surface area contributed by atoms with Crippen molar-refractivity contribution in [2.45, 2.75) is 19.9 Å². The fraction of sp³-hybridized carbons (Fsp3) is 0.235. The minimum atomic E-state index is -0.368. The molecular formula is C17H20N2O2. The number of hydrogen-bond acceptors (Lipinski definition) is 4. The molecule has 0 amide bonds. The van der Waals surface area contributed by atoms with Gasteiger partial charge in [0.2, 0.25) is 0 Å². The Bertz CT molecular complexity index is 611. The number of rotatable bonds is 5. The number of benzene rings is 2. The summed E-state index contributed by atoms with van der Waals surface area (Å²) in [5, 5.41) is 3.34. The Morgan fingerprint density at radius 3 is 2.62 bits per heavy atom. The van der Waals surface area contributed by atoms with Gasteiger partial charge < -0.3 is 15.8 Å². The van der Waals surface area contributed by atoms with Crippen molar-refractivity contribution in [2.24, 2.45) is 0 Å². The van der Waals surface area contributed by atoms with E-state index in [1.807, 2.05) is 37.3 Å². The van der Waals surface area contributed by atoms with Gasteiger partial charge in [-0.1, -0.05) is 30.3 Å². The standard InChI is InChI=1S/C17H20N2O2/c1-3-21-17(20)15-11-14(18)9-10-16(15)19-12(2)13-7-5-4-6-8-13/h4-12,19H,3,18H2,1-2H3. The lowest BCUT2D eigenvalue weighted by Crippen LogP contribution is -2.13. The van der Waals surface area contributed by atoms with Gasteiger partial charge in [0.05, 0.1) is 12.2 Å². The normalized spacial score (nSPS) is 11.7. The summed E-state index contributed by atoms with van der Waals surface area (Å²) in [7, 11) is 0. The van der Waals surface area contributed by atoms with E-state index in [1.165, 1.54) is 0 Å². The molecule has 0 saturated heterocycles. The van der Waals surface area contributed by atoms with Gasteiger partial charge in [-0.05, 0) is 37.6 Å². The Kier molecular flexibility index (Phi) is 4.82. The Morgan fingerprint density at radius 1 is 1.24 bits per heavy atom. The van der Waals surface area contributed by atoms with Crippen molar-refractivity contribution in [1.29, 1.82) is 0 Å². The second-order valence-corrected chi connectivity index (χ2v) is 4.80. The van der Waals surface area contributed by atoms with E-state index in [1.54, 1.807) is 25.1 Å². The first-order valence-corrected chi connectivity index (χ1v) is 7.00. The van der Waals surface area contributed by atoms with Crippen LogP contribution in [0.4, 0.5) is 11.4 Å². The molecule has 3 N–H and O–H groups in total. The van der Waals surface area contributed by atoms with Crippen LogP contribution in [0.1, 0.15) is 35.8 Å². The Morgan fingerprint density at radius 2 is 1.95 bits per heavy atom. The van der Waals surface area contributed by atoms with E-state index < -0.39 is 0 Å². The first kappa shape index (κ1) is 14.9. The molecule has 0 radical (unpaired) electrons. The van der Waals surface area contributed by atoms with E-state index in [2.05, 4.69) is 5.32 Å². The highest BCUT2D eigenvalue weighted by molar-refractivity contribution is 5.96. The Labute approximate surface area is 124 Å². The number of nitrogen functional groups attached to an aromatic ring is 1. The largest absolute Gasteiger partial charge is 0.462 e. The number of nitrogens with one attached hydrogen (secondary N) is 1. The molecule has 110 valence electrons. The molecule has 0 saturated carbocycles. The zero-order valence-corrected chi connectivity index (χ0v) is 12.3. The second-order valence-electron chi connectivity index (χ2n) is 4.80. The zero-order chi connectivity index (χ0) is 15.2. The molecule has 0 fully saturated rings. The summed E-state index contributed by atoms with van der Waals surface area (Å²) in [6.45, 7) is 4.16. The predicted molar refractivity (Wildman–Crippen MR) is 85.3 cm³/mol. The molecule has 4 heteroatoms. The molecule has 2 rings (SSSR count). The molecule has 4 nitrogen and oxygen atoms in total. The third kappa shape index (κ3) is 3.75. The van der Waals surface area contributed by atoms with Gasteiger partial charge in [-0.2, -0.15) is 0 Å². The summed E-state index contributed by atoms with van der Waals surface area (Å²) in [6, 6.07) is 15.3. The van der Waals surface area contributed by atoms with E-state index in [0.29, 0.717) is 17.9 Å². The molecular weight excluding hydrogens is 264 g/mol. The molecule has 0 spiro atoms. The fourth-order valence-corrected chi connectivity index (χ4v) is 2.12. The number of nitrogens with two attached hydrogens (primary N) is 1. The van der Waals surface area contributed by atoms with Crippen LogP contribution in [0.25, 0.3) is 0 Å². The fourth-order valence-electron chi connectivity index (χ4n) is 2.12. The highest BCUT2D eigenvalue weighted by atomic mass is 16.5. The maximum atomic E-state index is 12.0. The Balaban J connectivity index is 2.25. The van der Waals surface area contributed by atoms with Crippen LogP contribution in [0.3, 0.4) is 0 Å². The quantitative estimate of drug-likeness (QED) is 0.650. The van der Waals surface area contributed by atoms with Crippen LogP contribution in [0, 0.1) is 0 Å². The number of carbonyl (C=O) groups excluding carboxylic acids is 1. The van der Waals surface area contributed by atoms with Crippen molar-refractivity contribution in [2.75, 3.05) is 17.7 Å². The van der Waals surface area contributed by atoms with Gasteiger partial charge in [0.15, 0.2) is 0 Å². The second kappa shape index (κ2) is 6.79. The predicted octanol–water partition coefficient (Wildman–Crippen LogP) is 3.62. The molecule has 0 bridgehead atoms. The SMILES string of the molecule is CCOC(=O)c1cc(N)ccc1NC(C)c1ccccc1. The molecule has 1 unspecified atom stereocenters. The number of ether oxygens (including phenoxy) is 1. The maximum Gasteiger partial charge on any atom is 0.340 e. The molecule has 0 aliphatic heterocycles. The lowest BCUT2D eigenvalue weighted by atomic mass is 10.1. The smallest absolute Gasteiger partial charge is 0.340 e. The molecule has 21 heavy (non-hydrogen) atoms. The average molecular weight is 284 g/mol. The van der Waals surface area contributed by atoms with Crippen LogP contribution in [-0.2, 0) is 4.74 Å². The van der Waals surface area contributed by atoms with Crippen molar-refractivity contribution in [3.05, 3.63) is 59.7 Å². The minimum Gasteiger partial charge on any atom is -0.462 e. The molecule has 0 aromatic heterocycles. The van der Waals surface area contributed by atoms with Gasteiger partial charge >= 0.3 is 5.97 Å². The van der Waals surface area contributed by atoms with Gasteiger partial charge in [0.25, 0.3) is 0 Å². The topological polar surface area (TPSA) is 64.3 Å². The van der Waals surface area contributed by atoms with Crippen LogP contribution < -0.4 is 11.1 Å². The monoisotopic (exact) mass is 284 g/mol. The average Bonchev–Trinajstić information content (AvgIpc) is 2.50. The van der Waals surface area contributed by atoms with Gasteiger partial charge in [-0.15, -0.1) is 0 Å². The van der Waals surface area contributed by atoms with E-state index in [0.717, 1.165) is 11.3 Å². The first-order valence-electron chi connectivity index (χ1n) is 7.00. The summed E-state index contributed by atoms with van der Waals surface area (Å²) in [4.78, 5) is 12.0. The van der Waals surface area contributed by atoms with Crippen molar-refractivity contribution in [3.8, 4) is 0 Å². The number of anilines is 2. The molecule has 0 heterocycles. The highest BCUT2D eigenvalue weighted by Gasteiger charge is 2.15. The van der Waals surface area contributed by atoms with E-state index in [9.17, 15) is 4.79 Å². The minimum absolute atomic E-state index is 0.0722. The molecule has 2 aromatic rings. The van der Waals surface area contributed by atoms with Crippen molar-refractivity contribution < 1.29 is 9.53 Å². The van der Waals surface area contributed by atoms with Crippen LogP contribution in [0.2, 0.25) is 0 Å². The van der Waals surface area contributed by atoms with Crippen LogP contribution in [0.5, 0.6) is 0 Å². The summed E-state index contributed by atoms with van der Waals surface area (Å²) in [5.41, 5.74) is 8.63. The van der Waals surface area contributed by atoms with Gasteiger partial charge in [0.1, 0.15) is 0 Å². The molecule has 2 aromatic carbocycles. The van der Waals surface area contributed by atoms with E-state index >= 15 is 0 Å². The summed E-state index contributed by atoms with van der Waals surface area (Å²) in [5.74, 6) is -0.368. The van der Waals surface area contributed by atoms with Crippen molar-refractivity contribution in [3.63, 3.8) is 0 Å². The van der Waals surface area contributed by atoms with E-state index in [-0.39, 0.29) is 12.0 Å². The van der Waals surface area contributed by atoms with Crippen LogP contribution >= 0.6 is 0 Å². The maximum absolute atomic E-state index is 12.0. The van der Waals surface area contributed by atoms with Gasteiger partial charge in [-0.3, -0.25) is 0 Å². The van der Waals surface area contributed by atoms with Crippen LogP contribution in [0.15, 0.2) is 48.5 Å². The van der Waals surface area contributed by atoms with Crippen LogP contribution in [-0.4, -0.2) is 12.6 Å². The first-order chi connectivity index (χ1) is 10.1. The van der Waals surface area contributed by atoms with E-state index in [4.69, 9.17) is 10.5 Å². The lowest BCUT2D eigenvalue weighted by molar-refractivity contribution is 0.0527. The lowest BCUT2D eigenvalue weighted by Gasteiger charge is -2.18. The third-order valence-corrected chi connectivity index (χ3v) is 3.21. The molecule has 1 atom stereocenters. The number of hydrogen-bond donors (Lipinski definition) is 2. The highest BCUT2D eigenvalue weighted by Crippen LogP contribution is 2.25. The summed E-state index contributed by atoms with van der Waals surface area (Å²) < 4.78 is 5.08. The number of carbonyl (C=O) groups is 1. The van der Waals surface area contributed by atoms with Gasteiger partial charge in [-0.25, -0.2) is 4.79 Å². The zero-order valence-electron chi connectivity index (χ0n) is 12.3. The van der Waals surface area contributed by atoms with Crippen molar-refractivity contribution in [1.82, 2.24) is 0 Å². The van der Waals surface area contributed by atoms with Gasteiger partial charge in [0, 0.05) is 17.4 Å². The Hall–Kier alpha value is -2.49. The van der Waals surface area contributed by atoms with Crippen molar-refractivity contribution >= 4 is 17.3 Å². The molecule has 0 aliphatic carbocycles. The third-order valence-electron chi connectivity index (χ3n) is 3.21. The summed E-state index contributed by atoms with van der Waals surface area (Å²) >= 11 is 0. The number of esters is 1. The molecule has 0 aliphatic rings. The summed E-state index contributed by atoms with van der Waals surface area (Å²) in [6.07, 6.45) is 0.